The van der Waals surface area contributed by atoms with Gasteiger partial charge in [-0.1, -0.05) is 15.9 Å². The number of nitrogens with zero attached hydrogens (tertiary/aromatic N) is 1. The SMILES string of the molecule is COC(=O)C1CCN(C(=O)C(C)Oc2ccc(Br)cc2)CC1. The smallest absolute Gasteiger partial charge is 0.308 e. The summed E-state index contributed by atoms with van der Waals surface area (Å²) in [5.41, 5.74) is 0. The van der Waals surface area contributed by atoms with Gasteiger partial charge in [0.05, 0.1) is 13.0 Å². The Labute approximate surface area is 138 Å². The van der Waals surface area contributed by atoms with Gasteiger partial charge in [-0.2, -0.15) is 0 Å². The van der Waals surface area contributed by atoms with Gasteiger partial charge in [0.2, 0.25) is 0 Å². The number of hydrogen-bond donors (Lipinski definition) is 0. The summed E-state index contributed by atoms with van der Waals surface area (Å²) >= 11 is 3.36. The van der Waals surface area contributed by atoms with Gasteiger partial charge in [0.25, 0.3) is 5.91 Å². The van der Waals surface area contributed by atoms with Crippen LogP contribution in [0.1, 0.15) is 19.8 Å². The number of likely N-dealkylation sites (tertiary alicyclic amines) is 1. The Morgan fingerprint density at radius 1 is 1.23 bits per heavy atom. The van der Waals surface area contributed by atoms with Gasteiger partial charge in [-0.05, 0) is 44.0 Å². The highest BCUT2D eigenvalue weighted by atomic mass is 79.9. The zero-order chi connectivity index (χ0) is 16.1. The first-order valence-electron chi connectivity index (χ1n) is 7.30. The van der Waals surface area contributed by atoms with E-state index in [1.807, 2.05) is 24.3 Å². The molecule has 6 heteroatoms. The number of methoxy groups -OCH3 is 1. The summed E-state index contributed by atoms with van der Waals surface area (Å²) in [5, 5.41) is 0. The summed E-state index contributed by atoms with van der Waals surface area (Å²) in [6, 6.07) is 7.37. The molecule has 1 heterocycles. The molecule has 0 N–H and O–H groups in total. The van der Waals surface area contributed by atoms with Crippen LogP contribution in [0.2, 0.25) is 0 Å². The molecule has 0 radical (unpaired) electrons. The number of carbonyl (C=O) groups excluding carboxylic acids is 2. The monoisotopic (exact) mass is 369 g/mol. The maximum absolute atomic E-state index is 12.4. The number of piperidine rings is 1. The Morgan fingerprint density at radius 2 is 1.82 bits per heavy atom. The predicted molar refractivity (Wildman–Crippen MR) is 85.6 cm³/mol. The van der Waals surface area contributed by atoms with Crippen molar-refractivity contribution in [3.63, 3.8) is 0 Å². The Hall–Kier alpha value is -1.56. The van der Waals surface area contributed by atoms with Crippen molar-refractivity contribution >= 4 is 27.8 Å². The minimum Gasteiger partial charge on any atom is -0.481 e. The fourth-order valence-corrected chi connectivity index (χ4v) is 2.79. The fourth-order valence-electron chi connectivity index (χ4n) is 2.53. The zero-order valence-electron chi connectivity index (χ0n) is 12.8. The normalized spacial score (nSPS) is 17.0. The van der Waals surface area contributed by atoms with Gasteiger partial charge in [0.15, 0.2) is 6.10 Å². The van der Waals surface area contributed by atoms with E-state index < -0.39 is 6.10 Å². The first-order chi connectivity index (χ1) is 10.5. The molecule has 1 saturated heterocycles. The van der Waals surface area contributed by atoms with Crippen LogP contribution >= 0.6 is 15.9 Å². The van der Waals surface area contributed by atoms with Crippen LogP contribution in [0.4, 0.5) is 0 Å². The van der Waals surface area contributed by atoms with Crippen molar-refractivity contribution in [2.75, 3.05) is 20.2 Å². The van der Waals surface area contributed by atoms with Crippen molar-refractivity contribution in [3.05, 3.63) is 28.7 Å². The Balaban J connectivity index is 1.86. The lowest BCUT2D eigenvalue weighted by atomic mass is 9.97. The maximum Gasteiger partial charge on any atom is 0.308 e. The average Bonchev–Trinajstić information content (AvgIpc) is 2.55. The molecular formula is C16H20BrNO4. The molecule has 1 fully saturated rings. The van der Waals surface area contributed by atoms with E-state index >= 15 is 0 Å². The molecule has 1 aliphatic heterocycles. The lowest BCUT2D eigenvalue weighted by Crippen LogP contribution is -2.45. The molecule has 0 aromatic heterocycles. The number of esters is 1. The van der Waals surface area contributed by atoms with Gasteiger partial charge in [-0.3, -0.25) is 9.59 Å². The van der Waals surface area contributed by atoms with Crippen LogP contribution in [0, 0.1) is 5.92 Å². The molecule has 120 valence electrons. The van der Waals surface area contributed by atoms with Crippen LogP contribution in [0.3, 0.4) is 0 Å². The second kappa shape index (κ2) is 7.63. The largest absolute Gasteiger partial charge is 0.481 e. The lowest BCUT2D eigenvalue weighted by molar-refractivity contribution is -0.150. The van der Waals surface area contributed by atoms with Crippen LogP contribution in [0.5, 0.6) is 5.75 Å². The van der Waals surface area contributed by atoms with Gasteiger partial charge in [-0.25, -0.2) is 0 Å². The fraction of sp³-hybridized carbons (Fsp3) is 0.500. The second-order valence-corrected chi connectivity index (χ2v) is 6.25. The van der Waals surface area contributed by atoms with Crippen molar-refractivity contribution in [2.45, 2.75) is 25.9 Å². The molecule has 5 nitrogen and oxygen atoms in total. The van der Waals surface area contributed by atoms with E-state index in [0.29, 0.717) is 31.7 Å². The lowest BCUT2D eigenvalue weighted by Gasteiger charge is -2.32. The molecule has 1 aromatic carbocycles. The van der Waals surface area contributed by atoms with Gasteiger partial charge in [-0.15, -0.1) is 0 Å². The first kappa shape index (κ1) is 16.8. The first-order valence-corrected chi connectivity index (χ1v) is 8.09. The van der Waals surface area contributed by atoms with E-state index in [2.05, 4.69) is 15.9 Å². The number of benzene rings is 1. The number of carbonyl (C=O) groups is 2. The highest BCUT2D eigenvalue weighted by Crippen LogP contribution is 2.21. The molecule has 0 bridgehead atoms. The third-order valence-electron chi connectivity index (χ3n) is 3.82. The molecule has 1 atom stereocenters. The van der Waals surface area contributed by atoms with Crippen LogP contribution in [-0.4, -0.2) is 43.1 Å². The second-order valence-electron chi connectivity index (χ2n) is 5.34. The summed E-state index contributed by atoms with van der Waals surface area (Å²) in [4.78, 5) is 25.6. The van der Waals surface area contributed by atoms with Crippen molar-refractivity contribution in [3.8, 4) is 5.75 Å². The molecule has 0 spiro atoms. The molecule has 1 aliphatic rings. The van der Waals surface area contributed by atoms with E-state index in [0.717, 1.165) is 4.47 Å². The highest BCUT2D eigenvalue weighted by Gasteiger charge is 2.30. The third-order valence-corrected chi connectivity index (χ3v) is 4.34. The minimum atomic E-state index is -0.546. The third kappa shape index (κ3) is 4.22. The van der Waals surface area contributed by atoms with E-state index in [1.165, 1.54) is 7.11 Å². The van der Waals surface area contributed by atoms with Crippen molar-refractivity contribution < 1.29 is 19.1 Å². The summed E-state index contributed by atoms with van der Waals surface area (Å²) in [5.74, 6) is 0.322. The van der Waals surface area contributed by atoms with E-state index in [9.17, 15) is 9.59 Å². The standard InChI is InChI=1S/C16H20BrNO4/c1-11(22-14-5-3-13(17)4-6-14)15(19)18-9-7-12(8-10-18)16(20)21-2/h3-6,11-12H,7-10H2,1-2H3. The molecular weight excluding hydrogens is 350 g/mol. The minimum absolute atomic E-state index is 0.0498. The zero-order valence-corrected chi connectivity index (χ0v) is 14.3. The summed E-state index contributed by atoms with van der Waals surface area (Å²) in [6.07, 6.45) is 0.739. The molecule has 2 rings (SSSR count). The Morgan fingerprint density at radius 3 is 2.36 bits per heavy atom. The quantitative estimate of drug-likeness (QED) is 0.765. The topological polar surface area (TPSA) is 55.8 Å². The molecule has 0 saturated carbocycles. The average molecular weight is 370 g/mol. The molecule has 1 unspecified atom stereocenters. The van der Waals surface area contributed by atoms with E-state index in [-0.39, 0.29) is 17.8 Å². The van der Waals surface area contributed by atoms with Crippen LogP contribution in [0.25, 0.3) is 0 Å². The van der Waals surface area contributed by atoms with E-state index in [1.54, 1.807) is 11.8 Å². The summed E-state index contributed by atoms with van der Waals surface area (Å²) in [6.45, 7) is 2.87. The van der Waals surface area contributed by atoms with Crippen molar-refractivity contribution in [1.29, 1.82) is 0 Å². The van der Waals surface area contributed by atoms with Crippen LogP contribution in [0.15, 0.2) is 28.7 Å². The Bertz CT molecular complexity index is 523. The van der Waals surface area contributed by atoms with Crippen LogP contribution < -0.4 is 4.74 Å². The van der Waals surface area contributed by atoms with Gasteiger partial charge in [0.1, 0.15) is 5.75 Å². The molecule has 0 aliphatic carbocycles. The van der Waals surface area contributed by atoms with Gasteiger partial charge in [0, 0.05) is 17.6 Å². The molecule has 1 aromatic rings. The maximum atomic E-state index is 12.4. The number of halogens is 1. The number of ether oxygens (including phenoxy) is 2. The molecule has 22 heavy (non-hydrogen) atoms. The van der Waals surface area contributed by atoms with Crippen molar-refractivity contribution in [1.82, 2.24) is 4.90 Å². The van der Waals surface area contributed by atoms with Gasteiger partial charge < -0.3 is 14.4 Å². The number of amides is 1. The number of hydrogen-bond acceptors (Lipinski definition) is 4. The number of rotatable bonds is 4. The highest BCUT2D eigenvalue weighted by molar-refractivity contribution is 9.10. The van der Waals surface area contributed by atoms with E-state index in [4.69, 9.17) is 9.47 Å². The van der Waals surface area contributed by atoms with Crippen LogP contribution in [-0.2, 0) is 14.3 Å². The Kier molecular flexibility index (Phi) is 5.83. The van der Waals surface area contributed by atoms with Crippen molar-refractivity contribution in [2.24, 2.45) is 5.92 Å². The molecule has 1 amide bonds. The summed E-state index contributed by atoms with van der Waals surface area (Å²) < 4.78 is 11.4. The predicted octanol–water partition coefficient (Wildman–Crippen LogP) is 2.63. The van der Waals surface area contributed by atoms with Gasteiger partial charge >= 0.3 is 5.97 Å². The summed E-state index contributed by atoms with van der Waals surface area (Å²) in [7, 11) is 1.40.